The number of nitrogens with zero attached hydrogens (tertiary/aromatic N) is 2. The molecule has 7 nitrogen and oxygen atoms in total. The van der Waals surface area contributed by atoms with Crippen LogP contribution in [0.5, 0.6) is 11.5 Å². The topological polar surface area (TPSA) is 73.9 Å². The first-order chi connectivity index (χ1) is 17.0. The lowest BCUT2D eigenvalue weighted by atomic mass is 10.1. The van der Waals surface area contributed by atoms with Gasteiger partial charge in [0.2, 0.25) is 0 Å². The average molecular weight is 511 g/mol. The molecule has 35 heavy (non-hydrogen) atoms. The van der Waals surface area contributed by atoms with Crippen molar-refractivity contribution in [2.75, 3.05) is 36.8 Å². The van der Waals surface area contributed by atoms with Crippen LogP contribution >= 0.6 is 24.4 Å². The van der Waals surface area contributed by atoms with Crippen molar-refractivity contribution in [3.63, 3.8) is 0 Å². The highest BCUT2D eigenvalue weighted by molar-refractivity contribution is 7.82. The molecule has 184 valence electrons. The van der Waals surface area contributed by atoms with Gasteiger partial charge in [-0.1, -0.05) is 24.4 Å². The third-order valence-electron chi connectivity index (χ3n) is 6.14. The number of nitrogens with one attached hydrogen (secondary N) is 2. The maximum Gasteiger partial charge on any atom is 0.283 e. The van der Waals surface area contributed by atoms with Crippen molar-refractivity contribution in [2.24, 2.45) is 0 Å². The number of carbonyl (C=O) groups excluding carboxylic acids is 2. The van der Waals surface area contributed by atoms with Gasteiger partial charge in [-0.05, 0) is 87.1 Å². The second kappa shape index (κ2) is 12.1. The van der Waals surface area contributed by atoms with E-state index in [1.54, 1.807) is 48.5 Å². The van der Waals surface area contributed by atoms with Gasteiger partial charge in [-0.3, -0.25) is 9.59 Å². The second-order valence-electron chi connectivity index (χ2n) is 8.76. The van der Waals surface area contributed by atoms with Crippen LogP contribution in [0.15, 0.2) is 48.5 Å². The fraction of sp³-hybridized carbons (Fsp3) is 0.385. The first kappa shape index (κ1) is 25.1. The number of hydrogen-bond acceptors (Lipinski definition) is 5. The lowest BCUT2D eigenvalue weighted by molar-refractivity contribution is -0.111. The van der Waals surface area contributed by atoms with E-state index in [0.29, 0.717) is 32.9 Å². The maximum absolute atomic E-state index is 12.5. The maximum atomic E-state index is 12.5. The monoisotopic (exact) mass is 510 g/mol. The zero-order valence-electron chi connectivity index (χ0n) is 19.6. The molecule has 2 aliphatic heterocycles. The molecule has 0 spiro atoms. The van der Waals surface area contributed by atoms with Crippen LogP contribution in [-0.2, 0) is 9.59 Å². The van der Waals surface area contributed by atoms with E-state index in [1.807, 2.05) is 9.80 Å². The summed E-state index contributed by atoms with van der Waals surface area (Å²) in [5.41, 5.74) is 1.31. The van der Waals surface area contributed by atoms with Crippen LogP contribution in [0.3, 0.4) is 0 Å². The molecule has 2 amide bonds. The lowest BCUT2D eigenvalue weighted by Crippen LogP contribution is -2.41. The number of benzene rings is 2. The predicted molar refractivity (Wildman–Crippen MR) is 146 cm³/mol. The van der Waals surface area contributed by atoms with Gasteiger partial charge in [0.15, 0.2) is 9.98 Å². The highest BCUT2D eigenvalue weighted by atomic mass is 32.1. The standard InChI is InChI=1S/C26H30N4O3S2/c31-23(25(34)29-15-3-1-4-16-29)27-19-7-11-21(12-8-19)33-22-13-9-20(10-14-22)28-24(32)26(35)30-17-5-2-6-18-30/h7-14H,1-6,15-18H2,(H,27,31)(H,28,32). The van der Waals surface area contributed by atoms with Crippen molar-refractivity contribution in [3.05, 3.63) is 48.5 Å². The first-order valence-electron chi connectivity index (χ1n) is 12.1. The zero-order chi connectivity index (χ0) is 24.6. The summed E-state index contributed by atoms with van der Waals surface area (Å²) in [6, 6.07) is 14.3. The van der Waals surface area contributed by atoms with Gasteiger partial charge in [0.1, 0.15) is 11.5 Å². The largest absolute Gasteiger partial charge is 0.457 e. The number of thiocarbonyl (C=S) groups is 2. The van der Waals surface area contributed by atoms with Crippen molar-refractivity contribution in [2.45, 2.75) is 38.5 Å². The van der Waals surface area contributed by atoms with E-state index in [4.69, 9.17) is 29.2 Å². The highest BCUT2D eigenvalue weighted by Crippen LogP contribution is 2.25. The van der Waals surface area contributed by atoms with E-state index in [-0.39, 0.29) is 11.8 Å². The molecule has 2 saturated heterocycles. The molecule has 0 atom stereocenters. The number of amides is 2. The van der Waals surface area contributed by atoms with E-state index in [2.05, 4.69) is 10.6 Å². The molecular formula is C26H30N4O3S2. The minimum absolute atomic E-state index is 0.257. The van der Waals surface area contributed by atoms with Gasteiger partial charge in [0.05, 0.1) is 0 Å². The summed E-state index contributed by atoms with van der Waals surface area (Å²) < 4.78 is 5.89. The number of ether oxygens (including phenoxy) is 1. The van der Waals surface area contributed by atoms with Gasteiger partial charge in [-0.15, -0.1) is 0 Å². The fourth-order valence-electron chi connectivity index (χ4n) is 4.20. The van der Waals surface area contributed by atoms with Crippen LogP contribution in [0.4, 0.5) is 11.4 Å². The normalized spacial score (nSPS) is 15.8. The van der Waals surface area contributed by atoms with Gasteiger partial charge in [-0.25, -0.2) is 0 Å². The number of carbonyl (C=O) groups is 2. The SMILES string of the molecule is O=C(Nc1ccc(Oc2ccc(NC(=O)C(=S)N3CCCCC3)cc2)cc1)C(=S)N1CCCCC1. The number of hydrogen-bond donors (Lipinski definition) is 2. The van der Waals surface area contributed by atoms with Gasteiger partial charge in [0, 0.05) is 37.6 Å². The zero-order valence-corrected chi connectivity index (χ0v) is 21.3. The van der Waals surface area contributed by atoms with Gasteiger partial charge in [0.25, 0.3) is 11.8 Å². The Morgan fingerprint density at radius 3 is 1.29 bits per heavy atom. The fourth-order valence-corrected chi connectivity index (χ4v) is 4.67. The molecular weight excluding hydrogens is 480 g/mol. The van der Waals surface area contributed by atoms with Crippen molar-refractivity contribution >= 4 is 57.6 Å². The Kier molecular flexibility index (Phi) is 8.65. The lowest BCUT2D eigenvalue weighted by Gasteiger charge is -2.28. The number of rotatable bonds is 4. The van der Waals surface area contributed by atoms with Crippen molar-refractivity contribution in [3.8, 4) is 11.5 Å². The summed E-state index contributed by atoms with van der Waals surface area (Å²) in [7, 11) is 0. The average Bonchev–Trinajstić information content (AvgIpc) is 2.91. The predicted octanol–water partition coefficient (Wildman–Crippen LogP) is 4.98. The molecule has 2 aliphatic rings. The minimum atomic E-state index is -0.257. The van der Waals surface area contributed by atoms with Gasteiger partial charge in [-0.2, -0.15) is 0 Å². The molecule has 2 heterocycles. The van der Waals surface area contributed by atoms with Crippen LogP contribution in [0.1, 0.15) is 38.5 Å². The summed E-state index contributed by atoms with van der Waals surface area (Å²) in [6.45, 7) is 3.36. The van der Waals surface area contributed by atoms with E-state index in [9.17, 15) is 9.59 Å². The minimum Gasteiger partial charge on any atom is -0.457 e. The van der Waals surface area contributed by atoms with Crippen LogP contribution in [-0.4, -0.2) is 57.8 Å². The third kappa shape index (κ3) is 6.99. The van der Waals surface area contributed by atoms with E-state index in [0.717, 1.165) is 51.9 Å². The van der Waals surface area contributed by atoms with Crippen LogP contribution in [0.25, 0.3) is 0 Å². The molecule has 0 aromatic heterocycles. The van der Waals surface area contributed by atoms with Crippen LogP contribution < -0.4 is 15.4 Å². The highest BCUT2D eigenvalue weighted by Gasteiger charge is 2.20. The Hall–Kier alpha value is -3.04. The van der Waals surface area contributed by atoms with Crippen molar-refractivity contribution in [1.29, 1.82) is 0 Å². The van der Waals surface area contributed by atoms with Gasteiger partial charge >= 0.3 is 0 Å². The van der Waals surface area contributed by atoms with E-state index < -0.39 is 0 Å². The molecule has 0 radical (unpaired) electrons. The van der Waals surface area contributed by atoms with Gasteiger partial charge < -0.3 is 25.2 Å². The summed E-state index contributed by atoms with van der Waals surface area (Å²) in [4.78, 5) is 29.5. The number of anilines is 2. The molecule has 2 N–H and O–H groups in total. The smallest absolute Gasteiger partial charge is 0.283 e. The molecule has 2 fully saturated rings. The molecule has 9 heteroatoms. The van der Waals surface area contributed by atoms with Crippen molar-refractivity contribution in [1.82, 2.24) is 9.80 Å². The molecule has 2 aromatic rings. The molecule has 0 aliphatic carbocycles. The Morgan fingerprint density at radius 2 is 0.943 bits per heavy atom. The van der Waals surface area contributed by atoms with E-state index in [1.165, 1.54) is 12.8 Å². The first-order valence-corrected chi connectivity index (χ1v) is 12.9. The number of piperidine rings is 2. The van der Waals surface area contributed by atoms with Crippen LogP contribution in [0, 0.1) is 0 Å². The van der Waals surface area contributed by atoms with E-state index >= 15 is 0 Å². The summed E-state index contributed by atoms with van der Waals surface area (Å²) in [5, 5.41) is 5.71. The third-order valence-corrected chi connectivity index (χ3v) is 7.02. The van der Waals surface area contributed by atoms with Crippen molar-refractivity contribution < 1.29 is 14.3 Å². The Bertz CT molecular complexity index is 976. The quantitative estimate of drug-likeness (QED) is 0.562. The Morgan fingerprint density at radius 1 is 0.600 bits per heavy atom. The summed E-state index contributed by atoms with van der Waals surface area (Å²) in [6.07, 6.45) is 6.65. The molecule has 2 aromatic carbocycles. The Labute approximate surface area is 216 Å². The van der Waals surface area contributed by atoms with Crippen LogP contribution in [0.2, 0.25) is 0 Å². The second-order valence-corrected chi connectivity index (χ2v) is 9.54. The number of likely N-dealkylation sites (tertiary alicyclic amines) is 2. The summed E-state index contributed by atoms with van der Waals surface area (Å²) in [5.74, 6) is 0.746. The molecule has 0 unspecified atom stereocenters. The summed E-state index contributed by atoms with van der Waals surface area (Å²) >= 11 is 10.7. The molecule has 4 rings (SSSR count). The molecule has 0 bridgehead atoms. The Balaban J connectivity index is 1.27. The molecule has 0 saturated carbocycles.